The zero-order valence-electron chi connectivity index (χ0n) is 20.6. The molecule has 2 aromatic rings. The molecule has 11 heteroatoms. The van der Waals surface area contributed by atoms with Gasteiger partial charge in [0.2, 0.25) is 11.8 Å². The van der Waals surface area contributed by atoms with Crippen LogP contribution < -0.4 is 4.74 Å². The van der Waals surface area contributed by atoms with Gasteiger partial charge in [-0.25, -0.2) is 14.6 Å². The van der Waals surface area contributed by atoms with E-state index in [0.29, 0.717) is 56.6 Å². The lowest BCUT2D eigenvalue weighted by molar-refractivity contribution is -0.159. The van der Waals surface area contributed by atoms with Crippen LogP contribution in [0.2, 0.25) is 0 Å². The van der Waals surface area contributed by atoms with E-state index in [9.17, 15) is 9.59 Å². The standard InChI is InChI=1S/C24H30N4O3.C2H2O4/c29-23(15-20-7-4-9-25-17-20)27-11-13-28(14-12-27)24(30)21-8-10-26-22(16-21)31-18-19-5-2-1-3-6-19;3-1(4)2(5)6/h4,7-10,16-17,19H,1-3,5-6,11-15,18H2;(H,3,4)(H,5,6). The minimum atomic E-state index is -1.82. The Balaban J connectivity index is 0.000000568. The zero-order valence-corrected chi connectivity index (χ0v) is 20.6. The SMILES string of the molecule is O=C(Cc1cccnc1)N1CCN(C(=O)c2ccnc(OCC3CCCCC3)c2)CC1.O=C(O)C(=O)O. The summed E-state index contributed by atoms with van der Waals surface area (Å²) >= 11 is 0. The number of ether oxygens (including phenoxy) is 1. The fraction of sp³-hybridized carbons (Fsp3) is 0.462. The van der Waals surface area contributed by atoms with E-state index in [1.165, 1.54) is 32.1 Å². The maximum Gasteiger partial charge on any atom is 0.414 e. The molecule has 37 heavy (non-hydrogen) atoms. The van der Waals surface area contributed by atoms with Gasteiger partial charge in [-0.3, -0.25) is 14.6 Å². The highest BCUT2D eigenvalue weighted by Gasteiger charge is 2.25. The number of carboxylic acids is 2. The lowest BCUT2D eigenvalue weighted by Crippen LogP contribution is -2.51. The fourth-order valence-electron chi connectivity index (χ4n) is 4.31. The van der Waals surface area contributed by atoms with Crippen molar-refractivity contribution in [2.24, 2.45) is 5.92 Å². The topological polar surface area (TPSA) is 150 Å². The first-order valence-electron chi connectivity index (χ1n) is 12.3. The highest BCUT2D eigenvalue weighted by atomic mass is 16.5. The molecule has 1 saturated heterocycles. The second-order valence-electron chi connectivity index (χ2n) is 9.02. The Morgan fingerprint density at radius 1 is 0.919 bits per heavy atom. The van der Waals surface area contributed by atoms with Crippen LogP contribution in [0.1, 0.15) is 48.0 Å². The monoisotopic (exact) mass is 512 g/mol. The van der Waals surface area contributed by atoms with Crippen LogP contribution in [0.15, 0.2) is 42.9 Å². The average Bonchev–Trinajstić information content (AvgIpc) is 2.93. The molecule has 2 amide bonds. The van der Waals surface area contributed by atoms with Crippen molar-refractivity contribution in [1.29, 1.82) is 0 Å². The third-order valence-corrected chi connectivity index (χ3v) is 6.35. The fourth-order valence-corrected chi connectivity index (χ4v) is 4.31. The van der Waals surface area contributed by atoms with Gasteiger partial charge in [-0.15, -0.1) is 0 Å². The van der Waals surface area contributed by atoms with Gasteiger partial charge in [-0.1, -0.05) is 25.3 Å². The number of carbonyl (C=O) groups excluding carboxylic acids is 2. The Morgan fingerprint density at radius 2 is 1.59 bits per heavy atom. The van der Waals surface area contributed by atoms with Crippen LogP contribution in [0.3, 0.4) is 0 Å². The summed E-state index contributed by atoms with van der Waals surface area (Å²) in [5.41, 5.74) is 1.49. The molecule has 2 aliphatic rings. The quantitative estimate of drug-likeness (QED) is 0.555. The number of aromatic nitrogens is 2. The number of carboxylic acid groups (broad SMARTS) is 2. The Kier molecular flexibility index (Phi) is 10.4. The summed E-state index contributed by atoms with van der Waals surface area (Å²) in [6.07, 6.45) is 11.7. The van der Waals surface area contributed by atoms with E-state index in [2.05, 4.69) is 9.97 Å². The maximum atomic E-state index is 13.0. The van der Waals surface area contributed by atoms with E-state index in [4.69, 9.17) is 24.5 Å². The molecule has 198 valence electrons. The largest absolute Gasteiger partial charge is 0.477 e. The Morgan fingerprint density at radius 3 is 2.22 bits per heavy atom. The van der Waals surface area contributed by atoms with Gasteiger partial charge in [0.25, 0.3) is 5.91 Å². The molecule has 11 nitrogen and oxygen atoms in total. The normalized spacial score (nSPS) is 15.8. The van der Waals surface area contributed by atoms with Crippen LogP contribution in [0.4, 0.5) is 0 Å². The third kappa shape index (κ3) is 8.85. The summed E-state index contributed by atoms with van der Waals surface area (Å²) in [6, 6.07) is 7.21. The number of piperazine rings is 1. The highest BCUT2D eigenvalue weighted by molar-refractivity contribution is 6.27. The van der Waals surface area contributed by atoms with Crippen molar-refractivity contribution >= 4 is 23.8 Å². The van der Waals surface area contributed by atoms with Gasteiger partial charge in [-0.2, -0.15) is 0 Å². The van der Waals surface area contributed by atoms with E-state index in [-0.39, 0.29) is 11.8 Å². The second-order valence-corrected chi connectivity index (χ2v) is 9.02. The summed E-state index contributed by atoms with van der Waals surface area (Å²) < 4.78 is 5.89. The zero-order chi connectivity index (χ0) is 26.6. The number of hydrogen-bond donors (Lipinski definition) is 2. The number of aliphatic carboxylic acids is 2. The first-order valence-corrected chi connectivity index (χ1v) is 12.3. The van der Waals surface area contributed by atoms with Gasteiger partial charge < -0.3 is 24.7 Å². The van der Waals surface area contributed by atoms with Gasteiger partial charge >= 0.3 is 11.9 Å². The first-order chi connectivity index (χ1) is 17.8. The van der Waals surface area contributed by atoms with Gasteiger partial charge in [0.15, 0.2) is 0 Å². The molecule has 1 aliphatic heterocycles. The maximum absolute atomic E-state index is 13.0. The van der Waals surface area contributed by atoms with Crippen molar-refractivity contribution in [3.63, 3.8) is 0 Å². The van der Waals surface area contributed by atoms with Crippen molar-refractivity contribution in [1.82, 2.24) is 19.8 Å². The van der Waals surface area contributed by atoms with Crippen LogP contribution >= 0.6 is 0 Å². The molecule has 0 radical (unpaired) electrons. The molecule has 0 bridgehead atoms. The van der Waals surface area contributed by atoms with Crippen molar-refractivity contribution in [2.75, 3.05) is 32.8 Å². The van der Waals surface area contributed by atoms with Crippen LogP contribution in [0.25, 0.3) is 0 Å². The Bertz CT molecular complexity index is 1050. The molecule has 0 unspecified atom stereocenters. The molecular formula is C26H32N4O7. The molecule has 3 heterocycles. The molecular weight excluding hydrogens is 480 g/mol. The molecule has 1 aliphatic carbocycles. The summed E-state index contributed by atoms with van der Waals surface area (Å²) in [5.74, 6) is -2.51. The summed E-state index contributed by atoms with van der Waals surface area (Å²) in [6.45, 7) is 2.81. The molecule has 1 saturated carbocycles. The summed E-state index contributed by atoms with van der Waals surface area (Å²) in [5, 5.41) is 14.8. The van der Waals surface area contributed by atoms with Crippen molar-refractivity contribution < 1.29 is 34.1 Å². The van der Waals surface area contributed by atoms with E-state index < -0.39 is 11.9 Å². The molecule has 4 rings (SSSR count). The van der Waals surface area contributed by atoms with Crippen molar-refractivity contribution in [3.8, 4) is 5.88 Å². The third-order valence-electron chi connectivity index (χ3n) is 6.35. The molecule has 2 fully saturated rings. The molecule has 0 atom stereocenters. The molecule has 2 aromatic heterocycles. The number of amides is 2. The number of carbonyl (C=O) groups is 4. The number of pyridine rings is 2. The lowest BCUT2D eigenvalue weighted by Gasteiger charge is -2.35. The van der Waals surface area contributed by atoms with E-state index >= 15 is 0 Å². The minimum Gasteiger partial charge on any atom is -0.477 e. The summed E-state index contributed by atoms with van der Waals surface area (Å²) in [7, 11) is 0. The van der Waals surface area contributed by atoms with Gasteiger partial charge in [0.1, 0.15) is 0 Å². The van der Waals surface area contributed by atoms with Crippen LogP contribution in [0, 0.1) is 5.92 Å². The Hall–Kier alpha value is -4.02. The van der Waals surface area contributed by atoms with Crippen LogP contribution in [-0.2, 0) is 20.8 Å². The number of hydrogen-bond acceptors (Lipinski definition) is 7. The average molecular weight is 513 g/mol. The number of nitrogens with zero attached hydrogens (tertiary/aromatic N) is 4. The minimum absolute atomic E-state index is 0.0377. The lowest BCUT2D eigenvalue weighted by atomic mass is 9.90. The van der Waals surface area contributed by atoms with E-state index in [0.717, 1.165) is 5.56 Å². The Labute approximate surface area is 215 Å². The predicted octanol–water partition coefficient (Wildman–Crippen LogP) is 2.12. The second kappa shape index (κ2) is 13.9. The van der Waals surface area contributed by atoms with Gasteiger partial charge in [-0.05, 0) is 36.5 Å². The predicted molar refractivity (Wildman–Crippen MR) is 132 cm³/mol. The van der Waals surface area contributed by atoms with Gasteiger partial charge in [0.05, 0.1) is 13.0 Å². The van der Waals surface area contributed by atoms with E-state index in [1.54, 1.807) is 35.6 Å². The summed E-state index contributed by atoms with van der Waals surface area (Å²) in [4.78, 5) is 55.6. The smallest absolute Gasteiger partial charge is 0.414 e. The van der Waals surface area contributed by atoms with Crippen molar-refractivity contribution in [2.45, 2.75) is 38.5 Å². The highest BCUT2D eigenvalue weighted by Crippen LogP contribution is 2.24. The molecule has 0 aromatic carbocycles. The first kappa shape index (κ1) is 27.6. The number of rotatable bonds is 6. The van der Waals surface area contributed by atoms with Crippen LogP contribution in [-0.4, -0.2) is 86.5 Å². The van der Waals surface area contributed by atoms with Crippen molar-refractivity contribution in [3.05, 3.63) is 54.0 Å². The molecule has 2 N–H and O–H groups in total. The molecule has 0 spiro atoms. The van der Waals surface area contributed by atoms with Crippen LogP contribution in [0.5, 0.6) is 5.88 Å². The van der Waals surface area contributed by atoms with E-state index in [1.807, 2.05) is 17.0 Å². The van der Waals surface area contributed by atoms with Gasteiger partial charge in [0, 0.05) is 56.4 Å².